The number of rotatable bonds is 6. The number of hydrogen-bond acceptors (Lipinski definition) is 5. The van der Waals surface area contributed by atoms with E-state index >= 15 is 0 Å². The number of Topliss-reactive ketones (excluding diaryl/α,β-unsaturated/α-hetero) is 2. The molecular weight excluding hydrogens is 312 g/mol. The highest BCUT2D eigenvalue weighted by Crippen LogP contribution is 2.38. The predicted octanol–water partition coefficient (Wildman–Crippen LogP) is 2.23. The summed E-state index contributed by atoms with van der Waals surface area (Å²) in [5, 5.41) is 8.64. The Bertz CT molecular complexity index is 810. The van der Waals surface area contributed by atoms with Crippen LogP contribution in [0.1, 0.15) is 27.9 Å². The van der Waals surface area contributed by atoms with E-state index in [1.165, 1.54) is 6.07 Å². The van der Waals surface area contributed by atoms with Crippen LogP contribution in [0.3, 0.4) is 0 Å². The number of carbonyl (C=O) groups is 3. The monoisotopic (exact) mass is 326 g/mol. The fraction of sp³-hybridized carbons (Fsp3) is 0.167. The van der Waals surface area contributed by atoms with Crippen LogP contribution < -0.4 is 9.47 Å². The Labute approximate surface area is 137 Å². The number of fused-ring (bicyclic) bond motifs is 1. The van der Waals surface area contributed by atoms with Crippen molar-refractivity contribution < 1.29 is 29.0 Å². The van der Waals surface area contributed by atoms with Gasteiger partial charge < -0.3 is 14.6 Å². The molecule has 0 unspecified atom stereocenters. The molecule has 1 N–H and O–H groups in total. The fourth-order valence-electron chi connectivity index (χ4n) is 2.51. The minimum atomic E-state index is -1.62. The van der Waals surface area contributed by atoms with E-state index in [1.807, 2.05) is 30.3 Å². The molecule has 2 aromatic carbocycles. The van der Waals surface area contributed by atoms with E-state index in [1.54, 1.807) is 6.07 Å². The first kappa shape index (κ1) is 15.7. The van der Waals surface area contributed by atoms with Crippen molar-refractivity contribution in [3.63, 3.8) is 0 Å². The molecule has 0 atom stereocenters. The van der Waals surface area contributed by atoms with E-state index in [0.29, 0.717) is 17.9 Å². The lowest BCUT2D eigenvalue weighted by molar-refractivity contribution is -0.148. The van der Waals surface area contributed by atoms with Crippen molar-refractivity contribution in [3.05, 3.63) is 59.2 Å². The summed E-state index contributed by atoms with van der Waals surface area (Å²) < 4.78 is 10.8. The molecule has 24 heavy (non-hydrogen) atoms. The average Bonchev–Trinajstić information content (AvgIpc) is 3.04. The van der Waals surface area contributed by atoms with E-state index in [9.17, 15) is 14.4 Å². The van der Waals surface area contributed by atoms with Gasteiger partial charge in [-0.25, -0.2) is 4.79 Å². The predicted molar refractivity (Wildman–Crippen MR) is 83.4 cm³/mol. The van der Waals surface area contributed by atoms with Crippen LogP contribution in [-0.4, -0.2) is 29.4 Å². The quantitative estimate of drug-likeness (QED) is 0.497. The van der Waals surface area contributed by atoms with Gasteiger partial charge in [0.05, 0.1) is 6.42 Å². The largest absolute Gasteiger partial charge is 0.475 e. The second kappa shape index (κ2) is 6.54. The fourth-order valence-corrected chi connectivity index (χ4v) is 2.51. The normalized spacial score (nSPS) is 12.0. The highest BCUT2D eigenvalue weighted by Gasteiger charge is 2.24. The van der Waals surface area contributed by atoms with Gasteiger partial charge in [0.15, 0.2) is 17.3 Å². The van der Waals surface area contributed by atoms with Gasteiger partial charge >= 0.3 is 5.97 Å². The zero-order valence-electron chi connectivity index (χ0n) is 12.7. The number of ketones is 2. The van der Waals surface area contributed by atoms with E-state index in [0.717, 1.165) is 11.1 Å². The molecule has 3 rings (SSSR count). The Hall–Kier alpha value is -3.15. The lowest BCUT2D eigenvalue weighted by Gasteiger charge is -2.09. The second-order valence-electron chi connectivity index (χ2n) is 5.36. The van der Waals surface area contributed by atoms with Gasteiger partial charge in [-0.3, -0.25) is 9.59 Å². The smallest absolute Gasteiger partial charge is 0.372 e. The standard InChI is InChI=1S/C18H14O6/c19-14(9-15(20)18(21)22)12-7-13(6-11-4-2-1-3-5-11)17-16(8-12)23-10-24-17/h1-5,7-8H,6,9-10H2,(H,21,22). The third kappa shape index (κ3) is 3.27. The zero-order valence-corrected chi connectivity index (χ0v) is 12.7. The lowest BCUT2D eigenvalue weighted by atomic mass is 9.98. The van der Waals surface area contributed by atoms with Gasteiger partial charge in [0, 0.05) is 17.5 Å². The van der Waals surface area contributed by atoms with Crippen LogP contribution in [-0.2, 0) is 16.0 Å². The van der Waals surface area contributed by atoms with E-state index in [2.05, 4.69) is 0 Å². The van der Waals surface area contributed by atoms with Gasteiger partial charge in [-0.15, -0.1) is 0 Å². The third-order valence-electron chi connectivity index (χ3n) is 3.67. The van der Waals surface area contributed by atoms with Crippen molar-refractivity contribution >= 4 is 17.5 Å². The maximum atomic E-state index is 12.2. The third-order valence-corrected chi connectivity index (χ3v) is 3.67. The summed E-state index contributed by atoms with van der Waals surface area (Å²) in [5.41, 5.74) is 2.02. The molecule has 0 aliphatic carbocycles. The van der Waals surface area contributed by atoms with Crippen LogP contribution >= 0.6 is 0 Å². The molecule has 0 spiro atoms. The number of carboxylic acids is 1. The Balaban J connectivity index is 1.91. The average molecular weight is 326 g/mol. The van der Waals surface area contributed by atoms with Crippen molar-refractivity contribution in [2.24, 2.45) is 0 Å². The molecule has 0 saturated heterocycles. The lowest BCUT2D eigenvalue weighted by Crippen LogP contribution is -2.17. The van der Waals surface area contributed by atoms with Gasteiger partial charge in [0.1, 0.15) is 0 Å². The number of hydrogen-bond donors (Lipinski definition) is 1. The second-order valence-corrected chi connectivity index (χ2v) is 5.36. The van der Waals surface area contributed by atoms with Gasteiger partial charge in [-0.1, -0.05) is 30.3 Å². The molecule has 6 nitrogen and oxygen atoms in total. The van der Waals surface area contributed by atoms with Gasteiger partial charge in [-0.2, -0.15) is 0 Å². The number of ether oxygens (including phenoxy) is 2. The highest BCUT2D eigenvalue weighted by molar-refractivity contribution is 6.37. The number of carbonyl (C=O) groups excluding carboxylic acids is 2. The molecule has 0 radical (unpaired) electrons. The van der Waals surface area contributed by atoms with Crippen molar-refractivity contribution in [2.75, 3.05) is 6.79 Å². The highest BCUT2D eigenvalue weighted by atomic mass is 16.7. The molecule has 0 aromatic heterocycles. The first-order valence-corrected chi connectivity index (χ1v) is 7.30. The van der Waals surface area contributed by atoms with Crippen LogP contribution in [0, 0.1) is 0 Å². The van der Waals surface area contributed by atoms with E-state index in [4.69, 9.17) is 14.6 Å². The summed E-state index contributed by atoms with van der Waals surface area (Å²) in [6.45, 7) is 0.0584. The number of benzene rings is 2. The van der Waals surface area contributed by atoms with Gasteiger partial charge in [-0.05, 0) is 17.7 Å². The number of carboxylic acid groups (broad SMARTS) is 1. The zero-order chi connectivity index (χ0) is 17.1. The first-order valence-electron chi connectivity index (χ1n) is 7.30. The van der Waals surface area contributed by atoms with Crippen molar-refractivity contribution in [3.8, 4) is 11.5 Å². The summed E-state index contributed by atoms with van der Waals surface area (Å²) in [4.78, 5) is 34.1. The van der Waals surface area contributed by atoms with Crippen molar-refractivity contribution in [2.45, 2.75) is 12.8 Å². The van der Waals surface area contributed by atoms with Crippen molar-refractivity contribution in [1.82, 2.24) is 0 Å². The van der Waals surface area contributed by atoms with Gasteiger partial charge in [0.25, 0.3) is 0 Å². The van der Waals surface area contributed by atoms with E-state index in [-0.39, 0.29) is 12.4 Å². The molecule has 0 amide bonds. The maximum Gasteiger partial charge on any atom is 0.372 e. The van der Waals surface area contributed by atoms with Crippen LogP contribution in [0.5, 0.6) is 11.5 Å². The number of aliphatic carboxylic acids is 1. The molecule has 0 bridgehead atoms. The molecule has 1 aliphatic rings. The van der Waals surface area contributed by atoms with Crippen molar-refractivity contribution in [1.29, 1.82) is 0 Å². The molecular formula is C18H14O6. The maximum absolute atomic E-state index is 12.2. The summed E-state index contributed by atoms with van der Waals surface area (Å²) >= 11 is 0. The molecule has 122 valence electrons. The van der Waals surface area contributed by atoms with Crippen LogP contribution in [0.2, 0.25) is 0 Å². The topological polar surface area (TPSA) is 89.9 Å². The first-order chi connectivity index (χ1) is 11.5. The SMILES string of the molecule is O=C(O)C(=O)CC(=O)c1cc(Cc2ccccc2)c2c(c1)OCO2. The van der Waals surface area contributed by atoms with Crippen LogP contribution in [0.4, 0.5) is 0 Å². The Morgan fingerprint density at radius 3 is 2.50 bits per heavy atom. The summed E-state index contributed by atoms with van der Waals surface area (Å²) in [5.74, 6) is -2.32. The molecule has 0 saturated carbocycles. The molecule has 6 heteroatoms. The van der Waals surface area contributed by atoms with E-state index < -0.39 is 24.0 Å². The summed E-state index contributed by atoms with van der Waals surface area (Å²) in [6, 6.07) is 12.7. The Morgan fingerprint density at radius 2 is 1.79 bits per heavy atom. The molecule has 1 heterocycles. The Kier molecular flexibility index (Phi) is 4.29. The summed E-state index contributed by atoms with van der Waals surface area (Å²) in [7, 11) is 0. The van der Waals surface area contributed by atoms with Gasteiger partial charge in [0.2, 0.25) is 12.6 Å². The van der Waals surface area contributed by atoms with Crippen LogP contribution in [0.15, 0.2) is 42.5 Å². The minimum Gasteiger partial charge on any atom is -0.475 e. The molecule has 0 fully saturated rings. The minimum absolute atomic E-state index is 0.0584. The molecule has 2 aromatic rings. The Morgan fingerprint density at radius 1 is 1.04 bits per heavy atom. The summed E-state index contributed by atoms with van der Waals surface area (Å²) in [6.07, 6.45) is -0.152. The molecule has 1 aliphatic heterocycles. The van der Waals surface area contributed by atoms with Crippen LogP contribution in [0.25, 0.3) is 0 Å².